The van der Waals surface area contributed by atoms with E-state index in [1.165, 1.54) is 25.7 Å². The van der Waals surface area contributed by atoms with Gasteiger partial charge in [-0.3, -0.25) is 9.97 Å². The smallest absolute Gasteiger partial charge is 0.339 e. The Hall–Kier alpha value is -2.23. The SMILES string of the molecule is CCCCCC(CCCCC)OC(=O)c1ccc(-c2ccccn2)nc1. The molecule has 0 aliphatic heterocycles. The van der Waals surface area contributed by atoms with Gasteiger partial charge >= 0.3 is 5.97 Å². The Labute approximate surface area is 157 Å². The van der Waals surface area contributed by atoms with E-state index >= 15 is 0 Å². The van der Waals surface area contributed by atoms with Crippen LogP contribution in [0, 0.1) is 0 Å². The number of carbonyl (C=O) groups excluding carboxylic acids is 1. The van der Waals surface area contributed by atoms with Gasteiger partial charge in [-0.25, -0.2) is 4.79 Å². The van der Waals surface area contributed by atoms with Crippen LogP contribution in [-0.2, 0) is 4.74 Å². The lowest BCUT2D eigenvalue weighted by molar-refractivity contribution is 0.0249. The molecule has 2 aromatic rings. The minimum atomic E-state index is -0.275. The van der Waals surface area contributed by atoms with E-state index < -0.39 is 0 Å². The number of hydrogen-bond donors (Lipinski definition) is 0. The number of esters is 1. The molecule has 0 saturated carbocycles. The van der Waals surface area contributed by atoms with E-state index in [9.17, 15) is 4.79 Å². The third kappa shape index (κ3) is 6.58. The van der Waals surface area contributed by atoms with E-state index in [0.29, 0.717) is 5.56 Å². The van der Waals surface area contributed by atoms with Crippen molar-refractivity contribution in [1.82, 2.24) is 9.97 Å². The number of nitrogens with zero attached hydrogens (tertiary/aromatic N) is 2. The minimum Gasteiger partial charge on any atom is -0.459 e. The molecule has 0 aliphatic rings. The maximum Gasteiger partial charge on any atom is 0.339 e. The maximum atomic E-state index is 12.5. The Morgan fingerprint density at radius 3 is 2.15 bits per heavy atom. The van der Waals surface area contributed by atoms with E-state index in [1.54, 1.807) is 18.5 Å². The third-order valence-corrected chi connectivity index (χ3v) is 4.46. The average Bonchev–Trinajstić information content (AvgIpc) is 2.69. The Kier molecular flexibility index (Phi) is 8.81. The van der Waals surface area contributed by atoms with Crippen LogP contribution in [0.2, 0.25) is 0 Å². The molecule has 140 valence electrons. The molecule has 26 heavy (non-hydrogen) atoms. The normalized spacial score (nSPS) is 10.9. The summed E-state index contributed by atoms with van der Waals surface area (Å²) in [5.41, 5.74) is 2.05. The van der Waals surface area contributed by atoms with E-state index in [0.717, 1.165) is 37.1 Å². The minimum absolute atomic E-state index is 0.0102. The number of ether oxygens (including phenoxy) is 1. The summed E-state index contributed by atoms with van der Waals surface area (Å²) >= 11 is 0. The van der Waals surface area contributed by atoms with E-state index in [2.05, 4.69) is 23.8 Å². The molecule has 0 unspecified atom stereocenters. The zero-order valence-corrected chi connectivity index (χ0v) is 16.0. The fraction of sp³-hybridized carbons (Fsp3) is 0.500. The molecule has 0 aromatic carbocycles. The van der Waals surface area contributed by atoms with Crippen molar-refractivity contribution < 1.29 is 9.53 Å². The molecule has 0 fully saturated rings. The van der Waals surface area contributed by atoms with Crippen molar-refractivity contribution in [3.63, 3.8) is 0 Å². The Bertz CT molecular complexity index is 631. The molecule has 0 aliphatic carbocycles. The topological polar surface area (TPSA) is 52.1 Å². The zero-order valence-electron chi connectivity index (χ0n) is 16.0. The lowest BCUT2D eigenvalue weighted by Gasteiger charge is -2.18. The molecule has 0 radical (unpaired) electrons. The molecular formula is C22H30N2O2. The van der Waals surface area contributed by atoms with Crippen molar-refractivity contribution in [2.75, 3.05) is 0 Å². The lowest BCUT2D eigenvalue weighted by atomic mass is 10.0. The van der Waals surface area contributed by atoms with Crippen LogP contribution >= 0.6 is 0 Å². The van der Waals surface area contributed by atoms with Gasteiger partial charge in [-0.15, -0.1) is 0 Å². The monoisotopic (exact) mass is 354 g/mol. The average molecular weight is 354 g/mol. The molecule has 0 bridgehead atoms. The Morgan fingerprint density at radius 2 is 1.62 bits per heavy atom. The number of carbonyl (C=O) groups is 1. The van der Waals surface area contributed by atoms with Crippen LogP contribution in [0.1, 0.15) is 75.6 Å². The first-order valence-electron chi connectivity index (χ1n) is 9.83. The fourth-order valence-corrected chi connectivity index (χ4v) is 2.91. The summed E-state index contributed by atoms with van der Waals surface area (Å²) in [5, 5.41) is 0. The standard InChI is InChI=1S/C22H30N2O2/c1-3-5-7-11-19(12-8-6-4-2)26-22(25)18-14-15-21(24-17-18)20-13-9-10-16-23-20/h9-10,13-17,19H,3-8,11-12H2,1-2H3. The summed E-state index contributed by atoms with van der Waals surface area (Å²) in [6, 6.07) is 9.28. The predicted octanol–water partition coefficient (Wildman–Crippen LogP) is 5.83. The lowest BCUT2D eigenvalue weighted by Crippen LogP contribution is -2.18. The van der Waals surface area contributed by atoms with Gasteiger partial charge in [-0.1, -0.05) is 45.6 Å². The predicted molar refractivity (Wildman–Crippen MR) is 105 cm³/mol. The first-order chi connectivity index (χ1) is 12.7. The van der Waals surface area contributed by atoms with Crippen LogP contribution in [0.3, 0.4) is 0 Å². The van der Waals surface area contributed by atoms with Gasteiger partial charge in [-0.05, 0) is 49.9 Å². The quantitative estimate of drug-likeness (QED) is 0.376. The van der Waals surface area contributed by atoms with Crippen LogP contribution in [0.15, 0.2) is 42.7 Å². The van der Waals surface area contributed by atoms with Crippen LogP contribution in [0.4, 0.5) is 0 Å². The molecule has 4 nitrogen and oxygen atoms in total. The molecule has 2 aromatic heterocycles. The second-order valence-corrected chi connectivity index (χ2v) is 6.67. The van der Waals surface area contributed by atoms with Crippen molar-refractivity contribution >= 4 is 5.97 Å². The van der Waals surface area contributed by atoms with Gasteiger partial charge in [-0.2, -0.15) is 0 Å². The molecule has 0 atom stereocenters. The highest BCUT2D eigenvalue weighted by molar-refractivity contribution is 5.89. The fourth-order valence-electron chi connectivity index (χ4n) is 2.91. The number of rotatable bonds is 11. The number of pyridine rings is 2. The maximum absolute atomic E-state index is 12.5. The summed E-state index contributed by atoms with van der Waals surface area (Å²) in [6.45, 7) is 4.37. The largest absolute Gasteiger partial charge is 0.459 e. The highest BCUT2D eigenvalue weighted by atomic mass is 16.5. The number of unbranched alkanes of at least 4 members (excludes halogenated alkanes) is 4. The number of aromatic nitrogens is 2. The van der Waals surface area contributed by atoms with E-state index in [-0.39, 0.29) is 12.1 Å². The van der Waals surface area contributed by atoms with Gasteiger partial charge in [0.15, 0.2) is 0 Å². The highest BCUT2D eigenvalue weighted by Crippen LogP contribution is 2.18. The molecule has 0 amide bonds. The summed E-state index contributed by atoms with van der Waals surface area (Å²) in [4.78, 5) is 21.1. The number of hydrogen-bond acceptors (Lipinski definition) is 4. The van der Waals surface area contributed by atoms with Crippen molar-refractivity contribution in [2.45, 2.75) is 71.3 Å². The van der Waals surface area contributed by atoms with E-state index in [4.69, 9.17) is 4.74 Å². The second-order valence-electron chi connectivity index (χ2n) is 6.67. The molecule has 2 rings (SSSR count). The van der Waals surface area contributed by atoms with Crippen molar-refractivity contribution in [2.24, 2.45) is 0 Å². The van der Waals surface area contributed by atoms with Crippen molar-refractivity contribution in [1.29, 1.82) is 0 Å². The first-order valence-corrected chi connectivity index (χ1v) is 9.83. The summed E-state index contributed by atoms with van der Waals surface area (Å²) in [7, 11) is 0. The molecule has 0 N–H and O–H groups in total. The summed E-state index contributed by atoms with van der Waals surface area (Å²) in [5.74, 6) is -0.275. The van der Waals surface area contributed by atoms with E-state index in [1.807, 2.05) is 24.3 Å². The Morgan fingerprint density at radius 1 is 0.923 bits per heavy atom. The van der Waals surface area contributed by atoms with Gasteiger partial charge < -0.3 is 4.74 Å². The third-order valence-electron chi connectivity index (χ3n) is 4.46. The molecule has 4 heteroatoms. The van der Waals surface area contributed by atoms with Crippen molar-refractivity contribution in [3.8, 4) is 11.4 Å². The highest BCUT2D eigenvalue weighted by Gasteiger charge is 2.16. The first kappa shape index (κ1) is 20.1. The van der Waals surface area contributed by atoms with Crippen LogP contribution in [0.25, 0.3) is 11.4 Å². The molecule has 2 heterocycles. The van der Waals surface area contributed by atoms with Gasteiger partial charge in [0.2, 0.25) is 0 Å². The zero-order chi connectivity index (χ0) is 18.6. The van der Waals surface area contributed by atoms with Crippen LogP contribution in [-0.4, -0.2) is 22.0 Å². The second kappa shape index (κ2) is 11.4. The van der Waals surface area contributed by atoms with Gasteiger partial charge in [0, 0.05) is 12.4 Å². The van der Waals surface area contributed by atoms with Crippen LogP contribution < -0.4 is 0 Å². The van der Waals surface area contributed by atoms with Crippen molar-refractivity contribution in [3.05, 3.63) is 48.3 Å². The Balaban J connectivity index is 1.96. The molecular weight excluding hydrogens is 324 g/mol. The summed E-state index contributed by atoms with van der Waals surface area (Å²) < 4.78 is 5.78. The van der Waals surface area contributed by atoms with Crippen LogP contribution in [0.5, 0.6) is 0 Å². The van der Waals surface area contributed by atoms with Gasteiger partial charge in [0.25, 0.3) is 0 Å². The molecule has 0 spiro atoms. The van der Waals surface area contributed by atoms with Gasteiger partial charge in [0.1, 0.15) is 6.10 Å². The summed E-state index contributed by atoms with van der Waals surface area (Å²) in [6.07, 6.45) is 12.2. The molecule has 0 saturated heterocycles. The van der Waals surface area contributed by atoms with Gasteiger partial charge in [0.05, 0.1) is 17.0 Å².